The van der Waals surface area contributed by atoms with Crippen molar-refractivity contribution in [2.24, 2.45) is 0 Å². The maximum atomic E-state index is 5.93. The van der Waals surface area contributed by atoms with Crippen LogP contribution >= 0.6 is 0 Å². The van der Waals surface area contributed by atoms with Crippen LogP contribution in [0.1, 0.15) is 0 Å². The van der Waals surface area contributed by atoms with Gasteiger partial charge >= 0.3 is 0 Å². The molecule has 0 atom stereocenters. The monoisotopic (exact) mass is 244 g/mol. The van der Waals surface area contributed by atoms with Crippen LogP contribution in [0.15, 0.2) is 42.5 Å². The van der Waals surface area contributed by atoms with Crippen molar-refractivity contribution in [2.45, 2.75) is 0 Å². The number of ether oxygens (including phenoxy) is 2. The van der Waals surface area contributed by atoms with Gasteiger partial charge in [-0.3, -0.25) is 0 Å². The first-order chi connectivity index (χ1) is 8.72. The molecule has 0 aliphatic rings. The predicted molar refractivity (Wildman–Crippen MR) is 73.7 cm³/mol. The molecule has 0 aliphatic carbocycles. The normalized spacial score (nSPS) is 9.89. The highest BCUT2D eigenvalue weighted by atomic mass is 16.5. The summed E-state index contributed by atoms with van der Waals surface area (Å²) in [6.45, 7) is 0. The summed E-state index contributed by atoms with van der Waals surface area (Å²) in [5.41, 5.74) is 8.38. The lowest BCUT2D eigenvalue weighted by atomic mass is 10.2. The minimum Gasteiger partial charge on any atom is -0.497 e. The summed E-state index contributed by atoms with van der Waals surface area (Å²) in [4.78, 5) is 0. The van der Waals surface area contributed by atoms with Crippen LogP contribution in [0.25, 0.3) is 0 Å². The van der Waals surface area contributed by atoms with E-state index in [1.807, 2.05) is 36.4 Å². The second kappa shape index (κ2) is 5.31. The van der Waals surface area contributed by atoms with E-state index < -0.39 is 0 Å². The van der Waals surface area contributed by atoms with Crippen LogP contribution in [-0.4, -0.2) is 14.2 Å². The molecule has 4 heteroatoms. The third-order valence-electron chi connectivity index (χ3n) is 2.63. The van der Waals surface area contributed by atoms with Crippen molar-refractivity contribution < 1.29 is 9.47 Å². The summed E-state index contributed by atoms with van der Waals surface area (Å²) in [6.07, 6.45) is 0. The van der Waals surface area contributed by atoms with E-state index in [1.165, 1.54) is 0 Å². The van der Waals surface area contributed by atoms with E-state index in [-0.39, 0.29) is 0 Å². The maximum Gasteiger partial charge on any atom is 0.121 e. The van der Waals surface area contributed by atoms with E-state index in [2.05, 4.69) is 5.32 Å². The Bertz CT molecular complexity index is 524. The van der Waals surface area contributed by atoms with Gasteiger partial charge in [-0.2, -0.15) is 0 Å². The number of nitrogens with one attached hydrogen (secondary N) is 1. The van der Waals surface area contributed by atoms with Crippen LogP contribution in [0.3, 0.4) is 0 Å². The SMILES string of the molecule is COc1ccc(Nc2ccc(OC)cc2N)cc1. The van der Waals surface area contributed by atoms with Crippen LogP contribution in [0, 0.1) is 0 Å². The smallest absolute Gasteiger partial charge is 0.121 e. The van der Waals surface area contributed by atoms with Crippen molar-refractivity contribution in [2.75, 3.05) is 25.3 Å². The van der Waals surface area contributed by atoms with Crippen molar-refractivity contribution in [3.63, 3.8) is 0 Å². The summed E-state index contributed by atoms with van der Waals surface area (Å²) < 4.78 is 10.2. The van der Waals surface area contributed by atoms with Gasteiger partial charge in [0.2, 0.25) is 0 Å². The molecule has 2 rings (SSSR count). The van der Waals surface area contributed by atoms with E-state index >= 15 is 0 Å². The molecular formula is C14H16N2O2. The molecule has 3 N–H and O–H groups in total. The van der Waals surface area contributed by atoms with E-state index in [1.54, 1.807) is 20.3 Å². The summed E-state index contributed by atoms with van der Waals surface area (Å²) in [5, 5.41) is 3.24. The molecular weight excluding hydrogens is 228 g/mol. The fourth-order valence-electron chi connectivity index (χ4n) is 1.61. The summed E-state index contributed by atoms with van der Waals surface area (Å²) in [5.74, 6) is 1.57. The van der Waals surface area contributed by atoms with E-state index in [0.29, 0.717) is 5.69 Å². The molecule has 18 heavy (non-hydrogen) atoms. The third-order valence-corrected chi connectivity index (χ3v) is 2.63. The number of benzene rings is 2. The Kier molecular flexibility index (Phi) is 3.57. The molecule has 0 unspecified atom stereocenters. The van der Waals surface area contributed by atoms with Gasteiger partial charge in [0.15, 0.2) is 0 Å². The summed E-state index contributed by atoms with van der Waals surface area (Å²) in [6, 6.07) is 13.2. The molecule has 0 fully saturated rings. The zero-order valence-corrected chi connectivity index (χ0v) is 10.4. The molecule has 0 amide bonds. The van der Waals surface area contributed by atoms with Gasteiger partial charge < -0.3 is 20.5 Å². The van der Waals surface area contributed by atoms with Crippen molar-refractivity contribution >= 4 is 17.1 Å². The lowest BCUT2D eigenvalue weighted by Crippen LogP contribution is -1.97. The van der Waals surface area contributed by atoms with Gasteiger partial charge in [-0.25, -0.2) is 0 Å². The topological polar surface area (TPSA) is 56.5 Å². The minimum atomic E-state index is 0.644. The molecule has 4 nitrogen and oxygen atoms in total. The first kappa shape index (κ1) is 12.1. The highest BCUT2D eigenvalue weighted by Gasteiger charge is 2.02. The zero-order valence-electron chi connectivity index (χ0n) is 10.4. The van der Waals surface area contributed by atoms with Crippen LogP contribution in [-0.2, 0) is 0 Å². The summed E-state index contributed by atoms with van der Waals surface area (Å²) >= 11 is 0. The molecule has 0 aliphatic heterocycles. The molecule has 94 valence electrons. The average molecular weight is 244 g/mol. The van der Waals surface area contributed by atoms with E-state index in [9.17, 15) is 0 Å². The Labute approximate surface area is 106 Å². The second-order valence-electron chi connectivity index (χ2n) is 3.81. The molecule has 0 heterocycles. The molecule has 0 saturated heterocycles. The van der Waals surface area contributed by atoms with Gasteiger partial charge in [0.25, 0.3) is 0 Å². The first-order valence-corrected chi connectivity index (χ1v) is 5.57. The Hall–Kier alpha value is -2.36. The molecule has 0 bridgehead atoms. The fraction of sp³-hybridized carbons (Fsp3) is 0.143. The Morgan fingerprint density at radius 3 is 2.06 bits per heavy atom. The first-order valence-electron chi connectivity index (χ1n) is 5.57. The van der Waals surface area contributed by atoms with E-state index in [0.717, 1.165) is 22.9 Å². The average Bonchev–Trinajstić information content (AvgIpc) is 2.42. The number of hydrogen-bond acceptors (Lipinski definition) is 4. The maximum absolute atomic E-state index is 5.93. The third kappa shape index (κ3) is 2.66. The van der Waals surface area contributed by atoms with Gasteiger partial charge in [0, 0.05) is 11.8 Å². The number of nitrogens with two attached hydrogens (primary N) is 1. The minimum absolute atomic E-state index is 0.644. The number of anilines is 3. The molecule has 2 aromatic carbocycles. The van der Waals surface area contributed by atoms with Crippen LogP contribution in [0.5, 0.6) is 11.5 Å². The quantitative estimate of drug-likeness (QED) is 0.812. The van der Waals surface area contributed by atoms with Crippen LogP contribution in [0.4, 0.5) is 17.1 Å². The predicted octanol–water partition coefficient (Wildman–Crippen LogP) is 3.03. The van der Waals surface area contributed by atoms with Crippen LogP contribution in [0.2, 0.25) is 0 Å². The summed E-state index contributed by atoms with van der Waals surface area (Å²) in [7, 11) is 3.26. The van der Waals surface area contributed by atoms with Crippen molar-refractivity contribution in [1.82, 2.24) is 0 Å². The molecule has 0 spiro atoms. The highest BCUT2D eigenvalue weighted by Crippen LogP contribution is 2.27. The van der Waals surface area contributed by atoms with Crippen molar-refractivity contribution in [3.8, 4) is 11.5 Å². The van der Waals surface area contributed by atoms with Crippen molar-refractivity contribution in [1.29, 1.82) is 0 Å². The number of hydrogen-bond donors (Lipinski definition) is 2. The molecule has 0 saturated carbocycles. The van der Waals surface area contributed by atoms with Gasteiger partial charge in [0.05, 0.1) is 25.6 Å². The number of rotatable bonds is 4. The highest BCUT2D eigenvalue weighted by molar-refractivity contribution is 5.74. The lowest BCUT2D eigenvalue weighted by molar-refractivity contribution is 0.415. The van der Waals surface area contributed by atoms with Crippen LogP contribution < -0.4 is 20.5 Å². The van der Waals surface area contributed by atoms with E-state index in [4.69, 9.17) is 15.2 Å². The lowest BCUT2D eigenvalue weighted by Gasteiger charge is -2.11. The van der Waals surface area contributed by atoms with Gasteiger partial charge in [-0.1, -0.05) is 0 Å². The van der Waals surface area contributed by atoms with Gasteiger partial charge in [-0.15, -0.1) is 0 Å². The zero-order chi connectivity index (χ0) is 13.0. The van der Waals surface area contributed by atoms with Gasteiger partial charge in [-0.05, 0) is 36.4 Å². The number of methoxy groups -OCH3 is 2. The van der Waals surface area contributed by atoms with Gasteiger partial charge in [0.1, 0.15) is 11.5 Å². The molecule has 2 aromatic rings. The fourth-order valence-corrected chi connectivity index (χ4v) is 1.61. The standard InChI is InChI=1S/C14H16N2O2/c1-17-11-5-3-10(4-6-11)16-14-8-7-12(18-2)9-13(14)15/h3-9,16H,15H2,1-2H3. The Morgan fingerprint density at radius 2 is 1.50 bits per heavy atom. The van der Waals surface area contributed by atoms with Crippen molar-refractivity contribution in [3.05, 3.63) is 42.5 Å². The Morgan fingerprint density at radius 1 is 0.889 bits per heavy atom. The Balaban J connectivity index is 2.17. The largest absolute Gasteiger partial charge is 0.497 e. The molecule has 0 aromatic heterocycles. The second-order valence-corrected chi connectivity index (χ2v) is 3.81. The molecule has 0 radical (unpaired) electrons. The number of nitrogen functional groups attached to an aromatic ring is 1.